The molecule has 444 valence electrons. The van der Waals surface area contributed by atoms with Crippen LogP contribution in [0.25, 0.3) is 0 Å². The van der Waals surface area contributed by atoms with Crippen molar-refractivity contribution < 1.29 is 28.6 Å². The van der Waals surface area contributed by atoms with Crippen molar-refractivity contribution in [2.45, 2.75) is 335 Å². The van der Waals surface area contributed by atoms with E-state index in [9.17, 15) is 14.4 Å². The summed E-state index contributed by atoms with van der Waals surface area (Å²) >= 11 is 0. The Morgan fingerprint density at radius 3 is 0.831 bits per heavy atom. The second-order valence-corrected chi connectivity index (χ2v) is 22.0. The molecule has 0 aliphatic heterocycles. The van der Waals surface area contributed by atoms with Gasteiger partial charge in [0.2, 0.25) is 0 Å². The molecule has 6 nitrogen and oxygen atoms in total. The molecule has 0 heterocycles. The van der Waals surface area contributed by atoms with E-state index < -0.39 is 6.10 Å². The molecule has 0 bridgehead atoms. The van der Waals surface area contributed by atoms with Crippen molar-refractivity contribution in [2.24, 2.45) is 0 Å². The molecule has 0 rings (SSSR count). The monoisotopic (exact) mass is 1070 g/mol. The largest absolute Gasteiger partial charge is 0.462 e. The molecule has 1 unspecified atom stereocenters. The first-order chi connectivity index (χ1) is 38.0. The van der Waals surface area contributed by atoms with E-state index in [2.05, 4.69) is 106 Å². The molecule has 77 heavy (non-hydrogen) atoms. The van der Waals surface area contributed by atoms with E-state index in [0.717, 1.165) is 83.5 Å². The van der Waals surface area contributed by atoms with Crippen LogP contribution in [-0.2, 0) is 28.6 Å². The lowest BCUT2D eigenvalue weighted by molar-refractivity contribution is -0.167. The number of carbonyl (C=O) groups is 3. The van der Waals surface area contributed by atoms with Gasteiger partial charge in [-0.25, -0.2) is 0 Å². The van der Waals surface area contributed by atoms with Crippen LogP contribution in [0.2, 0.25) is 0 Å². The van der Waals surface area contributed by atoms with Gasteiger partial charge in [0, 0.05) is 19.3 Å². The van der Waals surface area contributed by atoms with Crippen LogP contribution in [0.5, 0.6) is 0 Å². The molecule has 0 aromatic heterocycles. The molecule has 1 atom stereocenters. The Morgan fingerprint density at radius 1 is 0.273 bits per heavy atom. The number of hydrogen-bond donors (Lipinski definition) is 0. The Kier molecular flexibility index (Phi) is 62.2. The molecule has 0 saturated heterocycles. The van der Waals surface area contributed by atoms with Crippen molar-refractivity contribution in [1.82, 2.24) is 0 Å². The summed E-state index contributed by atoms with van der Waals surface area (Å²) in [5.74, 6) is -0.945. The zero-order valence-corrected chi connectivity index (χ0v) is 51.0. The number of rotatable bonds is 60. The second-order valence-electron chi connectivity index (χ2n) is 22.0. The molecule has 0 aromatic rings. The first-order valence-corrected chi connectivity index (χ1v) is 33.1. The van der Waals surface area contributed by atoms with Crippen molar-refractivity contribution in [3.63, 3.8) is 0 Å². The molecule has 0 saturated carbocycles. The SMILES string of the molecule is CC/C=C\C/C=C\C/C=C\C/C=C\C/C=C\CCCC(=O)OC(COC(=O)CCCCCCCCCCC)COC(=O)CCCCCCCCCCCCCCCCCCCCCCC/C=C\C/C=C\CCCCCCC. The fourth-order valence-electron chi connectivity index (χ4n) is 9.45. The Labute approximate surface area is 477 Å². The van der Waals surface area contributed by atoms with Crippen molar-refractivity contribution in [3.8, 4) is 0 Å². The molecule has 0 aliphatic rings. The third-order valence-electron chi connectivity index (χ3n) is 14.4. The van der Waals surface area contributed by atoms with Crippen LogP contribution >= 0.6 is 0 Å². The fraction of sp³-hybridized carbons (Fsp3) is 0.761. The number of allylic oxidation sites excluding steroid dienone is 14. The minimum Gasteiger partial charge on any atom is -0.462 e. The molecule has 0 aromatic carbocycles. The average molecular weight is 1070 g/mol. The van der Waals surface area contributed by atoms with Gasteiger partial charge in [0.15, 0.2) is 6.10 Å². The van der Waals surface area contributed by atoms with Crippen molar-refractivity contribution in [3.05, 3.63) is 85.1 Å². The molecular weight excluding hydrogens is 949 g/mol. The van der Waals surface area contributed by atoms with Gasteiger partial charge in [0.25, 0.3) is 0 Å². The van der Waals surface area contributed by atoms with E-state index in [4.69, 9.17) is 14.2 Å². The standard InChI is InChI=1S/C71H124O6/c1-4-7-10-13-16-19-21-23-25-27-28-29-30-31-32-33-34-35-36-37-38-39-40-41-42-44-45-47-49-52-55-58-61-64-70(73)76-67-68(66-75-69(72)63-60-57-54-51-18-15-12-9-6-3)77-71(74)65-62-59-56-53-50-48-46-43-26-24-22-20-17-14-11-8-5-2/h8,11,17,20-21,23-24,26-28,46,48,53,56,68H,4-7,9-10,12-16,18-19,22,25,29-45,47,49-52,54-55,57-67H2,1-3H3/b11-8-,20-17-,23-21-,26-24-,28-27-,48-46-,56-53-. The van der Waals surface area contributed by atoms with E-state index in [1.165, 1.54) is 199 Å². The van der Waals surface area contributed by atoms with E-state index in [1.54, 1.807) is 0 Å². The first kappa shape index (κ1) is 73.6. The summed E-state index contributed by atoms with van der Waals surface area (Å²) in [6, 6.07) is 0. The Hall–Kier alpha value is -3.41. The van der Waals surface area contributed by atoms with Crippen molar-refractivity contribution in [1.29, 1.82) is 0 Å². The van der Waals surface area contributed by atoms with Gasteiger partial charge in [-0.2, -0.15) is 0 Å². The van der Waals surface area contributed by atoms with Gasteiger partial charge in [-0.3, -0.25) is 14.4 Å². The molecule has 0 amide bonds. The topological polar surface area (TPSA) is 78.9 Å². The minimum absolute atomic E-state index is 0.0953. The van der Waals surface area contributed by atoms with E-state index in [0.29, 0.717) is 19.3 Å². The van der Waals surface area contributed by atoms with Gasteiger partial charge in [0.05, 0.1) is 0 Å². The predicted octanol–water partition coefficient (Wildman–Crippen LogP) is 22.7. The molecule has 6 heteroatoms. The normalized spacial score (nSPS) is 12.6. The highest BCUT2D eigenvalue weighted by Crippen LogP contribution is 2.17. The number of ether oxygens (including phenoxy) is 3. The highest BCUT2D eigenvalue weighted by Gasteiger charge is 2.19. The van der Waals surface area contributed by atoms with Crippen molar-refractivity contribution in [2.75, 3.05) is 13.2 Å². The summed E-state index contributed by atoms with van der Waals surface area (Å²) in [5, 5.41) is 0. The zero-order chi connectivity index (χ0) is 55.7. The molecule has 0 aliphatic carbocycles. The second kappa shape index (κ2) is 65.1. The highest BCUT2D eigenvalue weighted by atomic mass is 16.6. The molecule has 0 fully saturated rings. The third-order valence-corrected chi connectivity index (χ3v) is 14.4. The smallest absolute Gasteiger partial charge is 0.306 e. The Morgan fingerprint density at radius 2 is 0.519 bits per heavy atom. The van der Waals surface area contributed by atoms with Crippen LogP contribution in [-0.4, -0.2) is 37.2 Å². The van der Waals surface area contributed by atoms with Crippen LogP contribution in [0.4, 0.5) is 0 Å². The summed E-state index contributed by atoms with van der Waals surface area (Å²) < 4.78 is 16.8. The van der Waals surface area contributed by atoms with E-state index >= 15 is 0 Å². The first-order valence-electron chi connectivity index (χ1n) is 33.1. The van der Waals surface area contributed by atoms with Crippen LogP contribution < -0.4 is 0 Å². The summed E-state index contributed by atoms with van der Waals surface area (Å²) in [6.45, 7) is 6.48. The summed E-state index contributed by atoms with van der Waals surface area (Å²) in [6.07, 6.45) is 86.4. The van der Waals surface area contributed by atoms with Crippen LogP contribution in [0, 0.1) is 0 Å². The van der Waals surface area contributed by atoms with E-state index in [1.807, 2.05) is 0 Å². The highest BCUT2D eigenvalue weighted by molar-refractivity contribution is 5.71. The van der Waals surface area contributed by atoms with Gasteiger partial charge >= 0.3 is 17.9 Å². The Balaban J connectivity index is 4.10. The van der Waals surface area contributed by atoms with E-state index in [-0.39, 0.29) is 37.5 Å². The van der Waals surface area contributed by atoms with Gasteiger partial charge in [-0.15, -0.1) is 0 Å². The maximum Gasteiger partial charge on any atom is 0.306 e. The third kappa shape index (κ3) is 63.3. The van der Waals surface area contributed by atoms with Gasteiger partial charge in [-0.05, 0) is 89.9 Å². The van der Waals surface area contributed by atoms with Crippen molar-refractivity contribution >= 4 is 17.9 Å². The predicted molar refractivity (Wildman–Crippen MR) is 334 cm³/mol. The number of esters is 3. The fourth-order valence-corrected chi connectivity index (χ4v) is 9.45. The molecule has 0 N–H and O–H groups in total. The molecular formula is C71H124O6. The summed E-state index contributed by atoms with van der Waals surface area (Å²) in [4.78, 5) is 38.1. The molecule has 0 radical (unpaired) electrons. The summed E-state index contributed by atoms with van der Waals surface area (Å²) in [5.41, 5.74) is 0. The lowest BCUT2D eigenvalue weighted by Crippen LogP contribution is -2.30. The quantitative estimate of drug-likeness (QED) is 0.0261. The number of hydrogen-bond acceptors (Lipinski definition) is 6. The van der Waals surface area contributed by atoms with Crippen LogP contribution in [0.1, 0.15) is 329 Å². The lowest BCUT2D eigenvalue weighted by atomic mass is 10.0. The van der Waals surface area contributed by atoms with Gasteiger partial charge in [0.1, 0.15) is 13.2 Å². The lowest BCUT2D eigenvalue weighted by Gasteiger charge is -2.18. The van der Waals surface area contributed by atoms with Gasteiger partial charge in [-0.1, -0.05) is 305 Å². The van der Waals surface area contributed by atoms with Crippen LogP contribution in [0.3, 0.4) is 0 Å². The zero-order valence-electron chi connectivity index (χ0n) is 51.0. The number of unbranched alkanes of at least 4 members (excludes halogenated alkanes) is 35. The number of carbonyl (C=O) groups excluding carboxylic acids is 3. The molecule has 0 spiro atoms. The minimum atomic E-state index is -0.803. The van der Waals surface area contributed by atoms with Crippen LogP contribution in [0.15, 0.2) is 85.1 Å². The maximum atomic E-state index is 12.8. The Bertz CT molecular complexity index is 1470. The van der Waals surface area contributed by atoms with Gasteiger partial charge < -0.3 is 14.2 Å². The average Bonchev–Trinajstić information content (AvgIpc) is 3.43. The summed E-state index contributed by atoms with van der Waals surface area (Å²) in [7, 11) is 0. The maximum absolute atomic E-state index is 12.8.